The van der Waals surface area contributed by atoms with Gasteiger partial charge in [-0.15, -0.1) is 0 Å². The molecule has 3 aromatic rings. The number of amides is 2. The molecule has 1 N–H and O–H groups in total. The molecule has 1 aliphatic rings. The van der Waals surface area contributed by atoms with Crippen LogP contribution in [0.2, 0.25) is 10.0 Å². The fraction of sp³-hybridized carbons (Fsp3) is 0.0800. The molecule has 0 bridgehead atoms. The minimum absolute atomic E-state index is 0.206. The summed E-state index contributed by atoms with van der Waals surface area (Å²) in [6.07, 6.45) is 1.69. The van der Waals surface area contributed by atoms with Crippen LogP contribution in [0.5, 0.6) is 11.5 Å². The number of methoxy groups -OCH3 is 1. The smallest absolute Gasteiger partial charge is 0.270 e. The number of anilines is 2. The first-order valence-corrected chi connectivity index (χ1v) is 12.2. The summed E-state index contributed by atoms with van der Waals surface area (Å²) in [7, 11) is 1.46. The summed E-state index contributed by atoms with van der Waals surface area (Å²) in [5, 5.41) is 3.31. The average Bonchev–Trinajstić information content (AvgIpc) is 3.12. The molecule has 10 heteroatoms. The van der Waals surface area contributed by atoms with Gasteiger partial charge in [-0.2, -0.15) is 0 Å². The molecule has 35 heavy (non-hydrogen) atoms. The quantitative estimate of drug-likeness (QED) is 0.273. The second-order valence-electron chi connectivity index (χ2n) is 7.20. The van der Waals surface area contributed by atoms with E-state index in [1.54, 1.807) is 42.5 Å². The fourth-order valence-electron chi connectivity index (χ4n) is 3.27. The van der Waals surface area contributed by atoms with Crippen LogP contribution in [0, 0.1) is 0 Å². The van der Waals surface area contributed by atoms with Gasteiger partial charge in [0, 0.05) is 0 Å². The molecule has 3 aromatic carbocycles. The molecule has 1 aliphatic heterocycles. The largest absolute Gasteiger partial charge is 0.493 e. The number of halogens is 2. The van der Waals surface area contributed by atoms with Crippen LogP contribution < -0.4 is 19.7 Å². The summed E-state index contributed by atoms with van der Waals surface area (Å²) in [4.78, 5) is 27.2. The van der Waals surface area contributed by atoms with E-state index in [2.05, 4.69) is 5.32 Å². The Morgan fingerprint density at radius 3 is 2.51 bits per heavy atom. The highest BCUT2D eigenvalue weighted by atomic mass is 35.5. The Morgan fingerprint density at radius 2 is 1.80 bits per heavy atom. The van der Waals surface area contributed by atoms with Crippen LogP contribution in [0.15, 0.2) is 71.6 Å². The highest BCUT2D eigenvalue weighted by Crippen LogP contribution is 2.40. The van der Waals surface area contributed by atoms with Crippen LogP contribution in [0.1, 0.15) is 5.56 Å². The van der Waals surface area contributed by atoms with Gasteiger partial charge in [0.05, 0.1) is 33.4 Å². The van der Waals surface area contributed by atoms with Gasteiger partial charge in [-0.25, -0.2) is 0 Å². The lowest BCUT2D eigenvalue weighted by Gasteiger charge is -2.14. The van der Waals surface area contributed by atoms with Crippen molar-refractivity contribution < 1.29 is 19.1 Å². The number of para-hydroxylation sites is 2. The van der Waals surface area contributed by atoms with Gasteiger partial charge in [-0.1, -0.05) is 77.5 Å². The van der Waals surface area contributed by atoms with Gasteiger partial charge in [0.1, 0.15) is 0 Å². The molecular weight excluding hydrogens is 527 g/mol. The summed E-state index contributed by atoms with van der Waals surface area (Å²) in [6.45, 7) is -0.309. The maximum absolute atomic E-state index is 13.0. The molecule has 0 radical (unpaired) electrons. The molecule has 0 spiro atoms. The molecule has 0 unspecified atom stereocenters. The molecule has 6 nitrogen and oxygen atoms in total. The minimum atomic E-state index is -0.412. The summed E-state index contributed by atoms with van der Waals surface area (Å²) in [6, 6.07) is 19.4. The number of hydrogen-bond donors (Lipinski definition) is 1. The zero-order chi connectivity index (χ0) is 24.9. The summed E-state index contributed by atoms with van der Waals surface area (Å²) < 4.78 is 11.5. The number of rotatable bonds is 7. The van der Waals surface area contributed by atoms with Crippen LogP contribution in [0.25, 0.3) is 6.08 Å². The number of thioether (sulfide) groups is 1. The van der Waals surface area contributed by atoms with E-state index in [-0.39, 0.29) is 23.3 Å². The topological polar surface area (TPSA) is 67.9 Å². The van der Waals surface area contributed by atoms with Gasteiger partial charge in [0.2, 0.25) is 0 Å². The Kier molecular flexibility index (Phi) is 7.97. The lowest BCUT2D eigenvalue weighted by atomic mass is 10.1. The average molecular weight is 545 g/mol. The van der Waals surface area contributed by atoms with E-state index in [0.29, 0.717) is 36.9 Å². The molecule has 2 amide bonds. The molecule has 1 heterocycles. The molecule has 0 saturated carbocycles. The second-order valence-corrected chi connectivity index (χ2v) is 9.69. The van der Waals surface area contributed by atoms with Crippen molar-refractivity contribution in [3.63, 3.8) is 0 Å². The second kappa shape index (κ2) is 11.1. The Morgan fingerprint density at radius 1 is 1.09 bits per heavy atom. The van der Waals surface area contributed by atoms with Gasteiger partial charge in [0.15, 0.2) is 22.4 Å². The van der Waals surface area contributed by atoms with Crippen molar-refractivity contribution in [2.24, 2.45) is 0 Å². The Balaban J connectivity index is 1.50. The molecule has 178 valence electrons. The molecule has 0 aromatic heterocycles. The van der Waals surface area contributed by atoms with E-state index in [0.717, 1.165) is 0 Å². The number of carbonyl (C=O) groups is 2. The maximum atomic E-state index is 13.0. The number of hydrogen-bond acceptors (Lipinski definition) is 6. The summed E-state index contributed by atoms with van der Waals surface area (Å²) >= 11 is 19.1. The van der Waals surface area contributed by atoms with Crippen molar-refractivity contribution in [3.8, 4) is 11.5 Å². The monoisotopic (exact) mass is 544 g/mol. The van der Waals surface area contributed by atoms with Crippen molar-refractivity contribution in [3.05, 3.63) is 87.2 Å². The van der Waals surface area contributed by atoms with Crippen LogP contribution in [0.3, 0.4) is 0 Å². The van der Waals surface area contributed by atoms with E-state index in [1.165, 1.54) is 23.8 Å². The number of carbonyl (C=O) groups excluding carboxylic acids is 2. The van der Waals surface area contributed by atoms with E-state index < -0.39 is 5.91 Å². The van der Waals surface area contributed by atoms with Crippen LogP contribution in [-0.2, 0) is 9.59 Å². The molecular formula is C25H18Cl2N2O4S2. The Hall–Kier alpha value is -3.04. The van der Waals surface area contributed by atoms with Gasteiger partial charge in [0.25, 0.3) is 11.8 Å². The maximum Gasteiger partial charge on any atom is 0.270 e. The molecule has 0 aliphatic carbocycles. The van der Waals surface area contributed by atoms with Gasteiger partial charge < -0.3 is 14.8 Å². The SMILES string of the molecule is COc1cc(/C=C2\SC(=S)N(c3ccccc3)C2=O)cc(Cl)c1OCC(=O)Nc1ccccc1Cl. The highest BCUT2D eigenvalue weighted by Gasteiger charge is 2.33. The number of nitrogens with one attached hydrogen (secondary N) is 1. The number of thiocarbonyl (C=S) groups is 1. The van der Waals surface area contributed by atoms with E-state index in [9.17, 15) is 9.59 Å². The van der Waals surface area contributed by atoms with E-state index in [1.807, 2.05) is 30.3 Å². The van der Waals surface area contributed by atoms with Gasteiger partial charge in [-0.05, 0) is 48.0 Å². The van der Waals surface area contributed by atoms with Gasteiger partial charge in [-0.3, -0.25) is 14.5 Å². The van der Waals surface area contributed by atoms with Gasteiger partial charge >= 0.3 is 0 Å². The Bertz CT molecular complexity index is 1330. The van der Waals surface area contributed by atoms with Crippen molar-refractivity contribution in [2.75, 3.05) is 23.9 Å². The first-order valence-electron chi connectivity index (χ1n) is 10.2. The third-order valence-corrected chi connectivity index (χ3v) is 6.77. The third kappa shape index (κ3) is 5.79. The van der Waals surface area contributed by atoms with Crippen molar-refractivity contribution >= 4 is 80.8 Å². The molecule has 1 fully saturated rings. The first kappa shape index (κ1) is 25.1. The molecule has 1 saturated heterocycles. The first-order chi connectivity index (χ1) is 16.9. The fourth-order valence-corrected chi connectivity index (χ4v) is 5.02. The minimum Gasteiger partial charge on any atom is -0.493 e. The van der Waals surface area contributed by atoms with Crippen LogP contribution in [-0.4, -0.2) is 29.9 Å². The lowest BCUT2D eigenvalue weighted by Crippen LogP contribution is -2.27. The predicted octanol–water partition coefficient (Wildman–Crippen LogP) is 6.43. The highest BCUT2D eigenvalue weighted by molar-refractivity contribution is 8.27. The third-order valence-electron chi connectivity index (χ3n) is 4.85. The lowest BCUT2D eigenvalue weighted by molar-refractivity contribution is -0.118. The van der Waals surface area contributed by atoms with E-state index in [4.69, 9.17) is 44.9 Å². The zero-order valence-corrected chi connectivity index (χ0v) is 21.4. The van der Waals surface area contributed by atoms with Crippen LogP contribution in [0.4, 0.5) is 11.4 Å². The number of ether oxygens (including phenoxy) is 2. The Labute approximate surface area is 221 Å². The van der Waals surface area contributed by atoms with E-state index >= 15 is 0 Å². The summed E-state index contributed by atoms with van der Waals surface area (Å²) in [5.74, 6) is -0.118. The van der Waals surface area contributed by atoms with Crippen molar-refractivity contribution in [2.45, 2.75) is 0 Å². The molecule has 4 rings (SSSR count). The molecule has 0 atom stereocenters. The number of benzene rings is 3. The normalized spacial score (nSPS) is 14.4. The number of nitrogens with zero attached hydrogens (tertiary/aromatic N) is 1. The van der Waals surface area contributed by atoms with Crippen LogP contribution >= 0.6 is 47.2 Å². The summed E-state index contributed by atoms with van der Waals surface area (Å²) in [5.41, 5.74) is 1.80. The van der Waals surface area contributed by atoms with Crippen molar-refractivity contribution in [1.29, 1.82) is 0 Å². The zero-order valence-electron chi connectivity index (χ0n) is 18.3. The van der Waals surface area contributed by atoms with Crippen molar-refractivity contribution in [1.82, 2.24) is 0 Å². The standard InChI is InChI=1S/C25H18Cl2N2O4S2/c1-32-20-12-15(13-21-24(31)29(25(34)35-21)16-7-3-2-4-8-16)11-18(27)23(20)33-14-22(30)28-19-10-6-5-9-17(19)26/h2-13H,14H2,1H3,(H,28,30)/b21-13-. The predicted molar refractivity (Wildman–Crippen MR) is 146 cm³/mol.